The van der Waals surface area contributed by atoms with Crippen molar-refractivity contribution >= 4 is 34.9 Å². The van der Waals surface area contributed by atoms with Gasteiger partial charge in [-0.15, -0.1) is 0 Å². The monoisotopic (exact) mass is 585 g/mol. The maximum atomic E-state index is 13.3. The first kappa shape index (κ1) is 29.1. The second-order valence-corrected chi connectivity index (χ2v) is 10.1. The molecule has 1 atom stereocenters. The number of carbonyl (C=O) groups excluding carboxylic acids is 2. The number of pyridine rings is 1. The largest absolute Gasteiger partial charge is 0.473 e. The topological polar surface area (TPSA) is 107 Å². The van der Waals surface area contributed by atoms with Crippen LogP contribution in [0.25, 0.3) is 11.3 Å². The maximum Gasteiger partial charge on any atom is 0.411 e. The average Bonchev–Trinajstić information content (AvgIpc) is 3.36. The zero-order valence-corrected chi connectivity index (χ0v) is 23.3. The van der Waals surface area contributed by atoms with Gasteiger partial charge in [0.2, 0.25) is 0 Å². The molecule has 2 amide bonds. The number of halogens is 3. The van der Waals surface area contributed by atoms with Gasteiger partial charge in [0.05, 0.1) is 31.5 Å². The average molecular weight is 586 g/mol. The van der Waals surface area contributed by atoms with Crippen molar-refractivity contribution in [2.75, 3.05) is 32.1 Å². The number of aromatic nitrogens is 2. The molecule has 1 aromatic carbocycles. The minimum absolute atomic E-state index is 0.0367. The Morgan fingerprint density at radius 2 is 1.98 bits per heavy atom. The van der Waals surface area contributed by atoms with Crippen LogP contribution >= 0.6 is 0 Å². The lowest BCUT2D eigenvalue weighted by atomic mass is 9.98. The Labute approximate surface area is 239 Å². The van der Waals surface area contributed by atoms with Crippen LogP contribution in [-0.2, 0) is 20.8 Å². The van der Waals surface area contributed by atoms with E-state index in [0.717, 1.165) is 17.5 Å². The van der Waals surface area contributed by atoms with Crippen LogP contribution in [0.5, 0.6) is 0 Å². The van der Waals surface area contributed by atoms with Crippen LogP contribution in [0.4, 0.5) is 23.7 Å². The first-order chi connectivity index (χ1) is 20.0. The molecule has 4 heterocycles. The van der Waals surface area contributed by atoms with E-state index in [9.17, 15) is 22.8 Å². The number of benzene rings is 1. The molecule has 5 rings (SSSR count). The Bertz CT molecular complexity index is 1560. The van der Waals surface area contributed by atoms with Gasteiger partial charge >= 0.3 is 12.3 Å². The number of amides is 2. The molecule has 10 nitrogen and oxygen atoms in total. The number of anilines is 1. The minimum Gasteiger partial charge on any atom is -0.473 e. The van der Waals surface area contributed by atoms with Crippen LogP contribution in [0.2, 0.25) is 0 Å². The molecule has 1 unspecified atom stereocenters. The van der Waals surface area contributed by atoms with E-state index in [1.54, 1.807) is 17.0 Å². The van der Waals surface area contributed by atoms with Gasteiger partial charge in [-0.2, -0.15) is 13.2 Å². The van der Waals surface area contributed by atoms with Crippen molar-refractivity contribution in [1.29, 1.82) is 0 Å². The summed E-state index contributed by atoms with van der Waals surface area (Å²) in [5, 5.41) is 2.93. The number of hydrogen-bond donors (Lipinski definition) is 1. The van der Waals surface area contributed by atoms with Crippen LogP contribution < -0.4 is 5.32 Å². The summed E-state index contributed by atoms with van der Waals surface area (Å²) in [6.45, 7) is 3.16. The van der Waals surface area contributed by atoms with Crippen molar-refractivity contribution in [3.05, 3.63) is 71.2 Å². The van der Waals surface area contributed by atoms with Gasteiger partial charge in [-0.3, -0.25) is 9.20 Å². The Morgan fingerprint density at radius 1 is 1.19 bits per heavy atom. The summed E-state index contributed by atoms with van der Waals surface area (Å²) >= 11 is 0. The summed E-state index contributed by atoms with van der Waals surface area (Å²) in [6.07, 6.45) is 0.598. The number of hydrogen-bond acceptors (Lipinski definition) is 7. The first-order valence-electron chi connectivity index (χ1n) is 13.4. The molecule has 1 saturated heterocycles. The molecule has 3 aromatic rings. The molecule has 1 N–H and O–H groups in total. The summed E-state index contributed by atoms with van der Waals surface area (Å²) in [5.41, 5.74) is 4.00. The molecular formula is C29H30F3N5O5. The highest BCUT2D eigenvalue weighted by Gasteiger charge is 2.38. The maximum absolute atomic E-state index is 13.3. The Balaban J connectivity index is 1.34. The zero-order chi connectivity index (χ0) is 30.0. The lowest BCUT2D eigenvalue weighted by Gasteiger charge is -2.39. The molecule has 0 radical (unpaired) electrons. The summed E-state index contributed by atoms with van der Waals surface area (Å²) in [6, 6.07) is 8.84. The Hall–Kier alpha value is -4.39. The van der Waals surface area contributed by atoms with Gasteiger partial charge in [-0.1, -0.05) is 25.1 Å². The molecular weight excluding hydrogens is 555 g/mol. The molecule has 0 saturated carbocycles. The number of carbonyl (C=O) groups is 2. The molecule has 2 aromatic heterocycles. The Kier molecular flexibility index (Phi) is 8.21. The van der Waals surface area contributed by atoms with Gasteiger partial charge in [-0.25, -0.2) is 14.8 Å². The normalized spacial score (nSPS) is 17.3. The number of nitrogens with zero attached hydrogens (tertiary/aromatic N) is 4. The first-order valence-corrected chi connectivity index (χ1v) is 13.4. The fourth-order valence-corrected chi connectivity index (χ4v) is 4.67. The zero-order valence-electron chi connectivity index (χ0n) is 23.3. The summed E-state index contributed by atoms with van der Waals surface area (Å²) in [7, 11) is 1.34. The highest BCUT2D eigenvalue weighted by molar-refractivity contribution is 6.04. The van der Waals surface area contributed by atoms with Crippen molar-refractivity contribution < 1.29 is 37.0 Å². The fourth-order valence-electron chi connectivity index (χ4n) is 4.67. The van der Waals surface area contributed by atoms with E-state index in [4.69, 9.17) is 19.2 Å². The molecule has 13 heteroatoms. The predicted octanol–water partition coefficient (Wildman–Crippen LogP) is 5.22. The van der Waals surface area contributed by atoms with Gasteiger partial charge in [0.15, 0.2) is 5.90 Å². The number of imidazole rings is 1. The molecule has 0 aliphatic carbocycles. The number of ether oxygens (including phenoxy) is 3. The van der Waals surface area contributed by atoms with Crippen LogP contribution in [0.15, 0.2) is 53.8 Å². The molecule has 42 heavy (non-hydrogen) atoms. The highest BCUT2D eigenvalue weighted by Crippen LogP contribution is 2.31. The number of likely N-dealkylation sites (tertiary alicyclic amines) is 1. The second kappa shape index (κ2) is 11.8. The van der Waals surface area contributed by atoms with Gasteiger partial charge in [0.1, 0.15) is 24.1 Å². The minimum atomic E-state index is -4.43. The highest BCUT2D eigenvalue weighted by atomic mass is 19.4. The van der Waals surface area contributed by atoms with Crippen molar-refractivity contribution in [3.63, 3.8) is 0 Å². The predicted molar refractivity (Wildman–Crippen MR) is 148 cm³/mol. The molecule has 2 aliphatic rings. The summed E-state index contributed by atoms with van der Waals surface area (Å²) in [4.78, 5) is 35.7. The quantitative estimate of drug-likeness (QED) is 0.389. The molecule has 2 aliphatic heterocycles. The van der Waals surface area contributed by atoms with Gasteiger partial charge in [0, 0.05) is 30.5 Å². The molecule has 222 valence electrons. The number of aliphatic imine (C=N–C) groups is 1. The third-order valence-electron chi connectivity index (χ3n) is 7.03. The summed E-state index contributed by atoms with van der Waals surface area (Å²) in [5.74, 6) is 0.0850. The number of fused-ring (bicyclic) bond motifs is 1. The van der Waals surface area contributed by atoms with Crippen molar-refractivity contribution in [2.24, 2.45) is 10.9 Å². The number of nitrogens with one attached hydrogen (secondary N) is 1. The van der Waals surface area contributed by atoms with Crippen molar-refractivity contribution in [2.45, 2.75) is 39.2 Å². The lowest BCUT2D eigenvalue weighted by Crippen LogP contribution is -2.54. The van der Waals surface area contributed by atoms with E-state index in [0.29, 0.717) is 41.6 Å². The number of rotatable bonds is 8. The summed E-state index contributed by atoms with van der Waals surface area (Å²) < 4.78 is 54.5. The SMILES string of the molecule is CCC1C=C(c2ccc(C)c(NC(=O)c3cnc4ccc(COCC(F)(F)F)cn34)c2)N=C(C2CN(C(=O)OC)C2)O1. The standard InChI is InChI=1S/C29H30F3N5O5/c1-4-21-10-23(35-27(42-21)20-13-36(14-20)28(39)40-3)19-7-5-17(2)22(9-19)34-26(38)24-11-33-25-8-6-18(12-37(24)25)15-41-16-29(30,31)32/h5-12,20-21H,4,13-16H2,1-3H3,(H,34,38). The van der Waals surface area contributed by atoms with Crippen LogP contribution in [0.3, 0.4) is 0 Å². The van der Waals surface area contributed by atoms with Crippen LogP contribution in [-0.4, -0.2) is 71.3 Å². The van der Waals surface area contributed by atoms with Gasteiger partial charge in [0.25, 0.3) is 5.91 Å². The number of methoxy groups -OCH3 is 1. The van der Waals surface area contributed by atoms with Crippen LogP contribution in [0, 0.1) is 12.8 Å². The third kappa shape index (κ3) is 6.40. The lowest BCUT2D eigenvalue weighted by molar-refractivity contribution is -0.176. The Morgan fingerprint density at radius 3 is 2.69 bits per heavy atom. The molecule has 0 spiro atoms. The smallest absolute Gasteiger partial charge is 0.411 e. The van der Waals surface area contributed by atoms with Crippen molar-refractivity contribution in [3.8, 4) is 0 Å². The number of alkyl halides is 3. The third-order valence-corrected chi connectivity index (χ3v) is 7.03. The molecule has 0 bridgehead atoms. The molecule has 1 fully saturated rings. The van der Waals surface area contributed by atoms with E-state index in [2.05, 4.69) is 10.3 Å². The van der Waals surface area contributed by atoms with Gasteiger partial charge in [-0.05, 0) is 42.7 Å². The van der Waals surface area contributed by atoms with E-state index >= 15 is 0 Å². The second-order valence-electron chi connectivity index (χ2n) is 10.1. The van der Waals surface area contributed by atoms with E-state index in [-0.39, 0.29) is 30.4 Å². The number of aryl methyl sites for hydroxylation is 1. The fraction of sp³-hybridized carbons (Fsp3) is 0.379. The van der Waals surface area contributed by atoms with Gasteiger partial charge < -0.3 is 24.4 Å². The van der Waals surface area contributed by atoms with Crippen LogP contribution in [0.1, 0.15) is 40.5 Å². The van der Waals surface area contributed by atoms with E-state index in [1.165, 1.54) is 23.9 Å². The van der Waals surface area contributed by atoms with E-state index < -0.39 is 18.7 Å². The van der Waals surface area contributed by atoms with E-state index in [1.807, 2.05) is 38.1 Å². The van der Waals surface area contributed by atoms with Crippen molar-refractivity contribution in [1.82, 2.24) is 14.3 Å².